The minimum atomic E-state index is 0. The van der Waals surface area contributed by atoms with Crippen LogP contribution in [0.4, 0.5) is 0 Å². The number of hydrogen-bond donors (Lipinski definition) is 1. The lowest BCUT2D eigenvalue weighted by Crippen LogP contribution is -2.53. The lowest BCUT2D eigenvalue weighted by Gasteiger charge is -2.36. The van der Waals surface area contributed by atoms with Crippen LogP contribution < -0.4 is 5.32 Å². The molecule has 1 N–H and O–H groups in total. The summed E-state index contributed by atoms with van der Waals surface area (Å²) in [6, 6.07) is 1.94. The fraction of sp³-hybridized carbons (Fsp3) is 0.688. The maximum atomic E-state index is 11.4. The Kier molecular flexibility index (Phi) is 9.09. The molecule has 0 saturated carbocycles. The average Bonchev–Trinajstić information content (AvgIpc) is 3.04. The molecule has 0 aromatic carbocycles. The summed E-state index contributed by atoms with van der Waals surface area (Å²) in [5.74, 6) is 1.52. The summed E-state index contributed by atoms with van der Waals surface area (Å²) in [7, 11) is 0. The number of rotatable bonds is 5. The SMILES string of the molecule is CCNC(=NCC(C)Cn1cccn1)N1CCN(C(C)=O)CC1.I. The van der Waals surface area contributed by atoms with Gasteiger partial charge in [-0.05, 0) is 18.9 Å². The standard InChI is InChI=1S/C16H28N6O.HI/c1-4-17-16(21-10-8-20(9-11-21)15(3)23)18-12-14(2)13-22-7-5-6-19-22;/h5-7,14H,4,8-13H2,1-3H3,(H,17,18);1H. The smallest absolute Gasteiger partial charge is 0.219 e. The molecule has 1 aromatic rings. The zero-order chi connectivity index (χ0) is 16.7. The Morgan fingerprint density at radius 3 is 2.50 bits per heavy atom. The van der Waals surface area contributed by atoms with Crippen LogP contribution in [-0.2, 0) is 11.3 Å². The predicted octanol–water partition coefficient (Wildman–Crippen LogP) is 1.27. The van der Waals surface area contributed by atoms with Crippen LogP contribution in [-0.4, -0.2) is 70.7 Å². The van der Waals surface area contributed by atoms with E-state index in [9.17, 15) is 4.79 Å². The molecule has 1 aromatic heterocycles. The zero-order valence-electron chi connectivity index (χ0n) is 14.8. The van der Waals surface area contributed by atoms with Gasteiger partial charge in [-0.1, -0.05) is 6.92 Å². The largest absolute Gasteiger partial charge is 0.357 e. The molecule has 1 saturated heterocycles. The van der Waals surface area contributed by atoms with Crippen molar-refractivity contribution in [2.75, 3.05) is 39.3 Å². The van der Waals surface area contributed by atoms with Crippen LogP contribution in [0.25, 0.3) is 0 Å². The molecule has 1 aliphatic heterocycles. The quantitative estimate of drug-likeness (QED) is 0.419. The second-order valence-electron chi connectivity index (χ2n) is 6.02. The summed E-state index contributed by atoms with van der Waals surface area (Å²) in [6.07, 6.45) is 3.78. The van der Waals surface area contributed by atoms with E-state index in [1.807, 2.05) is 21.8 Å². The predicted molar refractivity (Wildman–Crippen MR) is 107 cm³/mol. The first kappa shape index (κ1) is 20.7. The molecule has 1 atom stereocenters. The van der Waals surface area contributed by atoms with Crippen molar-refractivity contribution >= 4 is 35.8 Å². The Labute approximate surface area is 161 Å². The minimum Gasteiger partial charge on any atom is -0.357 e. The van der Waals surface area contributed by atoms with Gasteiger partial charge in [0.25, 0.3) is 0 Å². The van der Waals surface area contributed by atoms with E-state index in [1.54, 1.807) is 13.1 Å². The maximum Gasteiger partial charge on any atom is 0.219 e. The summed E-state index contributed by atoms with van der Waals surface area (Å²) in [5, 5.41) is 7.60. The van der Waals surface area contributed by atoms with Crippen molar-refractivity contribution in [2.24, 2.45) is 10.9 Å². The highest BCUT2D eigenvalue weighted by molar-refractivity contribution is 14.0. The highest BCUT2D eigenvalue weighted by atomic mass is 127. The molecule has 1 aliphatic rings. The maximum absolute atomic E-state index is 11.4. The second kappa shape index (κ2) is 10.5. The molecular formula is C16H29IN6O. The number of halogens is 1. The van der Waals surface area contributed by atoms with E-state index in [0.29, 0.717) is 5.92 Å². The topological polar surface area (TPSA) is 65.8 Å². The summed E-state index contributed by atoms with van der Waals surface area (Å²) in [5.41, 5.74) is 0. The number of guanidine groups is 1. The van der Waals surface area contributed by atoms with Crippen molar-refractivity contribution in [1.82, 2.24) is 24.9 Å². The van der Waals surface area contributed by atoms with Gasteiger partial charge in [0.05, 0.1) is 0 Å². The van der Waals surface area contributed by atoms with Crippen molar-refractivity contribution < 1.29 is 4.79 Å². The molecule has 1 fully saturated rings. The molecule has 0 spiro atoms. The normalized spacial score (nSPS) is 16.5. The third-order valence-corrected chi connectivity index (χ3v) is 3.97. The number of carbonyl (C=O) groups excluding carboxylic acids is 1. The number of amides is 1. The van der Waals surface area contributed by atoms with E-state index in [4.69, 9.17) is 4.99 Å². The molecule has 0 radical (unpaired) electrons. The van der Waals surface area contributed by atoms with Crippen LogP contribution in [0.2, 0.25) is 0 Å². The summed E-state index contributed by atoms with van der Waals surface area (Å²) in [4.78, 5) is 20.3. The van der Waals surface area contributed by atoms with Gasteiger partial charge in [-0.2, -0.15) is 5.10 Å². The molecule has 1 amide bonds. The Morgan fingerprint density at radius 1 is 1.29 bits per heavy atom. The van der Waals surface area contributed by atoms with Gasteiger partial charge in [0, 0.05) is 65.1 Å². The number of aliphatic imine (C=N–C) groups is 1. The van der Waals surface area contributed by atoms with E-state index >= 15 is 0 Å². The van der Waals surface area contributed by atoms with Crippen molar-refractivity contribution in [2.45, 2.75) is 27.3 Å². The van der Waals surface area contributed by atoms with Crippen LogP contribution in [0, 0.1) is 5.92 Å². The highest BCUT2D eigenvalue weighted by Gasteiger charge is 2.20. The van der Waals surface area contributed by atoms with Gasteiger partial charge < -0.3 is 15.1 Å². The number of hydrogen-bond acceptors (Lipinski definition) is 3. The van der Waals surface area contributed by atoms with Crippen molar-refractivity contribution in [3.05, 3.63) is 18.5 Å². The summed E-state index contributed by atoms with van der Waals surface area (Å²) >= 11 is 0. The fourth-order valence-electron chi connectivity index (χ4n) is 2.69. The van der Waals surface area contributed by atoms with E-state index in [1.165, 1.54) is 0 Å². The van der Waals surface area contributed by atoms with Crippen LogP contribution in [0.15, 0.2) is 23.5 Å². The summed E-state index contributed by atoms with van der Waals surface area (Å²) < 4.78 is 1.94. The van der Waals surface area contributed by atoms with Crippen LogP contribution in [0.3, 0.4) is 0 Å². The second-order valence-corrected chi connectivity index (χ2v) is 6.02. The number of carbonyl (C=O) groups is 1. The third-order valence-electron chi connectivity index (χ3n) is 3.97. The van der Waals surface area contributed by atoms with Gasteiger partial charge in [-0.15, -0.1) is 24.0 Å². The number of aromatic nitrogens is 2. The van der Waals surface area contributed by atoms with Crippen LogP contribution in [0.1, 0.15) is 20.8 Å². The molecular weight excluding hydrogens is 419 g/mol. The molecule has 0 bridgehead atoms. The van der Waals surface area contributed by atoms with Gasteiger partial charge in [0.15, 0.2) is 5.96 Å². The Morgan fingerprint density at radius 2 is 1.96 bits per heavy atom. The molecule has 2 rings (SSSR count). The van der Waals surface area contributed by atoms with Crippen LogP contribution >= 0.6 is 24.0 Å². The molecule has 1 unspecified atom stereocenters. The van der Waals surface area contributed by atoms with Gasteiger partial charge >= 0.3 is 0 Å². The van der Waals surface area contributed by atoms with Crippen molar-refractivity contribution in [3.63, 3.8) is 0 Å². The van der Waals surface area contributed by atoms with Gasteiger partial charge in [0.1, 0.15) is 0 Å². The fourth-order valence-corrected chi connectivity index (χ4v) is 2.69. The van der Waals surface area contributed by atoms with Gasteiger partial charge in [-0.3, -0.25) is 14.5 Å². The average molecular weight is 448 g/mol. The molecule has 8 heteroatoms. The van der Waals surface area contributed by atoms with Gasteiger partial charge in [0.2, 0.25) is 5.91 Å². The van der Waals surface area contributed by atoms with E-state index in [-0.39, 0.29) is 29.9 Å². The van der Waals surface area contributed by atoms with E-state index in [0.717, 1.165) is 51.8 Å². The lowest BCUT2D eigenvalue weighted by atomic mass is 10.2. The van der Waals surface area contributed by atoms with E-state index in [2.05, 4.69) is 29.2 Å². The van der Waals surface area contributed by atoms with E-state index < -0.39 is 0 Å². The van der Waals surface area contributed by atoms with Crippen molar-refractivity contribution in [1.29, 1.82) is 0 Å². The Bertz CT molecular complexity index is 511. The molecule has 2 heterocycles. The first-order valence-corrected chi connectivity index (χ1v) is 8.36. The highest BCUT2D eigenvalue weighted by Crippen LogP contribution is 2.05. The third kappa shape index (κ3) is 6.29. The van der Waals surface area contributed by atoms with Gasteiger partial charge in [-0.25, -0.2) is 0 Å². The Hall–Kier alpha value is -1.32. The first-order chi connectivity index (χ1) is 11.1. The van der Waals surface area contributed by atoms with Crippen LogP contribution in [0.5, 0.6) is 0 Å². The number of piperazine rings is 1. The first-order valence-electron chi connectivity index (χ1n) is 8.36. The molecule has 7 nitrogen and oxygen atoms in total. The minimum absolute atomic E-state index is 0. The number of nitrogens with one attached hydrogen (secondary N) is 1. The summed E-state index contributed by atoms with van der Waals surface area (Å²) in [6.45, 7) is 11.6. The Balaban J connectivity index is 0.00000288. The lowest BCUT2D eigenvalue weighted by molar-refractivity contribution is -0.130. The molecule has 136 valence electrons. The zero-order valence-corrected chi connectivity index (χ0v) is 17.1. The van der Waals surface area contributed by atoms with Crippen molar-refractivity contribution in [3.8, 4) is 0 Å². The monoisotopic (exact) mass is 448 g/mol. The number of nitrogens with zero attached hydrogens (tertiary/aromatic N) is 5. The molecule has 0 aliphatic carbocycles. The molecule has 24 heavy (non-hydrogen) atoms.